The number of piperidine rings is 1. The first-order chi connectivity index (χ1) is 18.8. The molecule has 5 heterocycles. The van der Waals surface area contributed by atoms with Gasteiger partial charge >= 0.3 is 6.09 Å². The van der Waals surface area contributed by atoms with Crippen LogP contribution in [0.3, 0.4) is 0 Å². The Balaban J connectivity index is 1.01. The maximum Gasteiger partial charge on any atom is 0.410 e. The summed E-state index contributed by atoms with van der Waals surface area (Å²) in [5.41, 5.74) is 5.54. The van der Waals surface area contributed by atoms with Gasteiger partial charge in [-0.3, -0.25) is 0 Å². The number of carbonyl (C=O) groups is 1. The molecule has 0 radical (unpaired) electrons. The topological polar surface area (TPSA) is 83.6 Å². The van der Waals surface area contributed by atoms with Gasteiger partial charge in [0.1, 0.15) is 17.6 Å². The van der Waals surface area contributed by atoms with E-state index < -0.39 is 5.60 Å². The second kappa shape index (κ2) is 10.5. The molecule has 1 aromatic carbocycles. The Labute approximate surface area is 231 Å². The van der Waals surface area contributed by atoms with E-state index >= 15 is 0 Å². The summed E-state index contributed by atoms with van der Waals surface area (Å²) in [5, 5.41) is 1.13. The molecule has 0 saturated carbocycles. The molecule has 39 heavy (non-hydrogen) atoms. The number of carbonyl (C=O) groups excluding carboxylic acids is 1. The number of aromatic amines is 1. The van der Waals surface area contributed by atoms with Gasteiger partial charge in [0.25, 0.3) is 0 Å². The summed E-state index contributed by atoms with van der Waals surface area (Å²) in [6, 6.07) is 11.1. The molecule has 0 aliphatic carbocycles. The smallest absolute Gasteiger partial charge is 0.410 e. The zero-order chi connectivity index (χ0) is 27.0. The Hall–Kier alpha value is -2.97. The number of fused-ring (bicyclic) bond motifs is 1. The number of benzene rings is 1. The average molecular weight is 532 g/mol. The molecule has 1 spiro atoms. The molecular weight excluding hydrogens is 490 g/mol. The van der Waals surface area contributed by atoms with Crippen LogP contribution in [0.2, 0.25) is 0 Å². The van der Waals surface area contributed by atoms with Crippen LogP contribution in [-0.4, -0.2) is 82.4 Å². The maximum absolute atomic E-state index is 12.3. The van der Waals surface area contributed by atoms with Crippen LogP contribution in [0.15, 0.2) is 36.7 Å². The number of nitrogens with one attached hydrogen (secondary N) is 1. The molecule has 3 aliphatic rings. The molecule has 0 atom stereocenters. The Morgan fingerprint density at radius 3 is 2.51 bits per heavy atom. The second-order valence-electron chi connectivity index (χ2n) is 12.7. The minimum absolute atomic E-state index is 0.167. The number of likely N-dealkylation sites (tertiary alicyclic amines) is 2. The van der Waals surface area contributed by atoms with E-state index in [4.69, 9.17) is 9.47 Å². The standard InChI is InChI=1S/C31H41N5O3/c1-30(2,3)39-29(37)36-19-31(20-36)11-14-35(15-12-31)13-8-22-4-6-23(7-5-22)26-18-25-27(24-9-16-38-17-10-24)32-21-33-28(25)34-26/h4-7,18,21,24H,8-17,19-20H2,1-3H3,(H,32,33,34). The van der Waals surface area contributed by atoms with E-state index in [2.05, 4.69) is 50.2 Å². The lowest BCUT2D eigenvalue weighted by Gasteiger charge is -2.53. The summed E-state index contributed by atoms with van der Waals surface area (Å²) in [5.74, 6) is 0.438. The van der Waals surface area contributed by atoms with E-state index in [0.29, 0.717) is 11.3 Å². The Morgan fingerprint density at radius 1 is 1.10 bits per heavy atom. The lowest BCUT2D eigenvalue weighted by molar-refractivity contribution is -0.0590. The van der Waals surface area contributed by atoms with Crippen LogP contribution >= 0.6 is 0 Å². The first-order valence-corrected chi connectivity index (χ1v) is 14.5. The van der Waals surface area contributed by atoms with Crippen LogP contribution in [0.1, 0.15) is 63.6 Å². The van der Waals surface area contributed by atoms with Crippen LogP contribution < -0.4 is 0 Å². The van der Waals surface area contributed by atoms with Crippen LogP contribution in [0.4, 0.5) is 4.79 Å². The van der Waals surface area contributed by atoms with Gasteiger partial charge in [0, 0.05) is 55.3 Å². The van der Waals surface area contributed by atoms with Crippen molar-refractivity contribution in [3.8, 4) is 11.3 Å². The zero-order valence-corrected chi connectivity index (χ0v) is 23.5. The van der Waals surface area contributed by atoms with Crippen molar-refractivity contribution in [2.75, 3.05) is 45.9 Å². The fraction of sp³-hybridized carbons (Fsp3) is 0.581. The summed E-state index contributed by atoms with van der Waals surface area (Å²) < 4.78 is 11.1. The first kappa shape index (κ1) is 26.3. The molecule has 3 aliphatic heterocycles. The zero-order valence-electron chi connectivity index (χ0n) is 23.5. The number of hydrogen-bond donors (Lipinski definition) is 1. The number of nitrogens with zero attached hydrogens (tertiary/aromatic N) is 4. The van der Waals surface area contributed by atoms with Crippen molar-refractivity contribution in [1.29, 1.82) is 0 Å². The molecule has 2 aromatic heterocycles. The molecule has 1 N–H and O–H groups in total. The number of H-pyrrole nitrogens is 1. The molecule has 8 heteroatoms. The monoisotopic (exact) mass is 531 g/mol. The highest BCUT2D eigenvalue weighted by Gasteiger charge is 2.47. The number of amides is 1. The van der Waals surface area contributed by atoms with Crippen molar-refractivity contribution >= 4 is 17.1 Å². The van der Waals surface area contributed by atoms with E-state index in [1.165, 1.54) is 11.1 Å². The van der Waals surface area contributed by atoms with Crippen molar-refractivity contribution in [2.45, 2.75) is 64.4 Å². The lowest BCUT2D eigenvalue weighted by atomic mass is 9.72. The van der Waals surface area contributed by atoms with Gasteiger partial charge in [-0.2, -0.15) is 0 Å². The number of rotatable bonds is 5. The second-order valence-corrected chi connectivity index (χ2v) is 12.7. The van der Waals surface area contributed by atoms with Crippen molar-refractivity contribution < 1.29 is 14.3 Å². The molecule has 208 valence electrons. The van der Waals surface area contributed by atoms with Crippen molar-refractivity contribution in [2.24, 2.45) is 5.41 Å². The van der Waals surface area contributed by atoms with Gasteiger partial charge in [-0.25, -0.2) is 14.8 Å². The van der Waals surface area contributed by atoms with Gasteiger partial charge in [-0.1, -0.05) is 24.3 Å². The van der Waals surface area contributed by atoms with Crippen molar-refractivity contribution in [3.05, 3.63) is 47.9 Å². The summed E-state index contributed by atoms with van der Waals surface area (Å²) >= 11 is 0. The third kappa shape index (κ3) is 5.82. The molecule has 8 nitrogen and oxygen atoms in total. The molecule has 3 fully saturated rings. The van der Waals surface area contributed by atoms with Crippen LogP contribution in [-0.2, 0) is 15.9 Å². The van der Waals surface area contributed by atoms with E-state index in [1.807, 2.05) is 25.7 Å². The highest BCUT2D eigenvalue weighted by Crippen LogP contribution is 2.41. The maximum atomic E-state index is 12.3. The summed E-state index contributed by atoms with van der Waals surface area (Å²) in [4.78, 5) is 29.4. The molecule has 6 rings (SSSR count). The number of hydrogen-bond acceptors (Lipinski definition) is 6. The van der Waals surface area contributed by atoms with Gasteiger partial charge in [0.05, 0.1) is 5.69 Å². The van der Waals surface area contributed by atoms with Crippen LogP contribution in [0, 0.1) is 5.41 Å². The fourth-order valence-electron chi connectivity index (χ4n) is 6.34. The fourth-order valence-corrected chi connectivity index (χ4v) is 6.34. The molecule has 3 saturated heterocycles. The summed E-state index contributed by atoms with van der Waals surface area (Å²) in [6.07, 6.45) is 6.91. The van der Waals surface area contributed by atoms with Gasteiger partial charge in [0.2, 0.25) is 0 Å². The quantitative estimate of drug-likeness (QED) is 0.475. The molecule has 3 aromatic rings. The van der Waals surface area contributed by atoms with Gasteiger partial charge in [-0.05, 0) is 83.2 Å². The summed E-state index contributed by atoms with van der Waals surface area (Å²) in [7, 11) is 0. The highest BCUT2D eigenvalue weighted by atomic mass is 16.6. The number of ether oxygens (including phenoxy) is 2. The van der Waals surface area contributed by atoms with Crippen LogP contribution in [0.5, 0.6) is 0 Å². The molecule has 0 unspecified atom stereocenters. The largest absolute Gasteiger partial charge is 0.444 e. The SMILES string of the molecule is CC(C)(C)OC(=O)N1CC2(CCN(CCc3ccc(-c4cc5c(C6CCOCC6)ncnc5[nH]4)cc3)CC2)C1. The van der Waals surface area contributed by atoms with E-state index in [9.17, 15) is 4.79 Å². The van der Waals surface area contributed by atoms with E-state index in [-0.39, 0.29) is 6.09 Å². The van der Waals surface area contributed by atoms with Crippen LogP contribution in [0.25, 0.3) is 22.3 Å². The predicted octanol–water partition coefficient (Wildman–Crippen LogP) is 5.39. The van der Waals surface area contributed by atoms with Gasteiger partial charge in [0.15, 0.2) is 0 Å². The summed E-state index contributed by atoms with van der Waals surface area (Å²) in [6.45, 7) is 12.3. The third-order valence-electron chi connectivity index (χ3n) is 8.67. The Bertz CT molecular complexity index is 1290. The highest BCUT2D eigenvalue weighted by molar-refractivity contribution is 5.85. The molecular formula is C31H41N5O3. The predicted molar refractivity (Wildman–Crippen MR) is 152 cm³/mol. The Morgan fingerprint density at radius 2 is 1.82 bits per heavy atom. The Kier molecular flexibility index (Phi) is 7.10. The van der Waals surface area contributed by atoms with E-state index in [1.54, 1.807) is 6.33 Å². The van der Waals surface area contributed by atoms with Gasteiger partial charge < -0.3 is 24.3 Å². The molecule has 0 bridgehead atoms. The molecule has 1 amide bonds. The normalized spacial score (nSPS) is 20.3. The lowest BCUT2D eigenvalue weighted by Crippen LogP contribution is -2.62. The van der Waals surface area contributed by atoms with Crippen molar-refractivity contribution in [1.82, 2.24) is 24.8 Å². The third-order valence-corrected chi connectivity index (χ3v) is 8.67. The minimum Gasteiger partial charge on any atom is -0.444 e. The van der Waals surface area contributed by atoms with Gasteiger partial charge in [-0.15, -0.1) is 0 Å². The van der Waals surface area contributed by atoms with Crippen molar-refractivity contribution in [3.63, 3.8) is 0 Å². The minimum atomic E-state index is -0.431. The van der Waals surface area contributed by atoms with E-state index in [0.717, 1.165) is 100 Å². The average Bonchev–Trinajstić information content (AvgIpc) is 3.35. The number of aromatic nitrogens is 3. The first-order valence-electron chi connectivity index (χ1n) is 14.5.